The van der Waals surface area contributed by atoms with Crippen molar-refractivity contribution in [3.63, 3.8) is 0 Å². The van der Waals surface area contributed by atoms with Crippen molar-refractivity contribution in [2.45, 2.75) is 33.6 Å². The van der Waals surface area contributed by atoms with Crippen LogP contribution in [0.3, 0.4) is 0 Å². The fourth-order valence-electron chi connectivity index (χ4n) is 1.94. The summed E-state index contributed by atoms with van der Waals surface area (Å²) in [5, 5.41) is 9.11. The van der Waals surface area contributed by atoms with E-state index in [1.807, 2.05) is 13.8 Å². The molecule has 3 N–H and O–H groups in total. The van der Waals surface area contributed by atoms with Crippen LogP contribution in [0.1, 0.15) is 42.7 Å². The molecule has 0 unspecified atom stereocenters. The number of rotatable bonds is 8. The Bertz CT molecular complexity index is 559. The topological polar surface area (TPSA) is 103 Å². The van der Waals surface area contributed by atoms with E-state index < -0.39 is 16.2 Å². The number of carboxylic acids is 1. The largest absolute Gasteiger partial charge is 0.478 e. The Morgan fingerprint density at radius 3 is 2.35 bits per heavy atom. The van der Waals surface area contributed by atoms with Crippen molar-refractivity contribution in [3.05, 3.63) is 17.5 Å². The molecular weight excluding hydrogens is 282 g/mol. The molecule has 0 radical (unpaired) electrons. The molecule has 1 rings (SSSR count). The third kappa shape index (κ3) is 3.73. The predicted octanol–water partition coefficient (Wildman–Crippen LogP) is 1.80. The highest BCUT2D eigenvalue weighted by Crippen LogP contribution is 2.21. The second kappa shape index (κ2) is 6.76. The lowest BCUT2D eigenvalue weighted by Gasteiger charge is -2.21. The van der Waals surface area contributed by atoms with E-state index in [4.69, 9.17) is 5.11 Å². The Morgan fingerprint density at radius 2 is 1.90 bits per heavy atom. The number of hydrogen-bond donors (Lipinski definition) is 3. The van der Waals surface area contributed by atoms with Crippen LogP contribution in [0.2, 0.25) is 0 Å². The number of H-pyrrole nitrogens is 1. The van der Waals surface area contributed by atoms with Gasteiger partial charge in [0, 0.05) is 25.0 Å². The third-order valence-corrected chi connectivity index (χ3v) is 4.34. The molecule has 0 bridgehead atoms. The van der Waals surface area contributed by atoms with E-state index in [1.54, 1.807) is 6.92 Å². The van der Waals surface area contributed by atoms with Gasteiger partial charge >= 0.3 is 16.2 Å². The molecule has 0 amide bonds. The quantitative estimate of drug-likeness (QED) is 0.681. The van der Waals surface area contributed by atoms with Gasteiger partial charge in [-0.25, -0.2) is 4.79 Å². The molecule has 0 aliphatic heterocycles. The van der Waals surface area contributed by atoms with Crippen LogP contribution < -0.4 is 4.72 Å². The Hall–Kier alpha value is -1.54. The van der Waals surface area contributed by atoms with Gasteiger partial charge in [-0.2, -0.15) is 12.7 Å². The molecule has 0 atom stereocenters. The lowest BCUT2D eigenvalue weighted by Crippen LogP contribution is -2.37. The zero-order chi connectivity index (χ0) is 15.3. The number of aromatic carboxylic acids is 1. The number of anilines is 1. The van der Waals surface area contributed by atoms with Gasteiger partial charge in [-0.15, -0.1) is 0 Å². The number of aryl methyl sites for hydroxylation is 1. The van der Waals surface area contributed by atoms with E-state index in [0.29, 0.717) is 31.6 Å². The molecule has 20 heavy (non-hydrogen) atoms. The summed E-state index contributed by atoms with van der Waals surface area (Å²) in [5.74, 6) is -1.17. The zero-order valence-electron chi connectivity index (χ0n) is 11.9. The first-order chi connectivity index (χ1) is 9.33. The smallest absolute Gasteiger partial charge is 0.339 e. The fourth-order valence-corrected chi connectivity index (χ4v) is 3.35. The van der Waals surface area contributed by atoms with Gasteiger partial charge < -0.3 is 10.1 Å². The summed E-state index contributed by atoms with van der Waals surface area (Å²) < 4.78 is 28.2. The Morgan fingerprint density at radius 1 is 1.35 bits per heavy atom. The third-order valence-electron chi connectivity index (χ3n) is 2.82. The molecule has 0 aliphatic carbocycles. The number of carboxylic acid groups (broad SMARTS) is 1. The van der Waals surface area contributed by atoms with Gasteiger partial charge in [0.25, 0.3) is 0 Å². The minimum Gasteiger partial charge on any atom is -0.478 e. The normalized spacial score (nSPS) is 11.8. The van der Waals surface area contributed by atoms with Crippen molar-refractivity contribution in [2.75, 3.05) is 17.8 Å². The maximum atomic E-state index is 12.3. The molecule has 0 saturated heterocycles. The van der Waals surface area contributed by atoms with Crippen LogP contribution >= 0.6 is 0 Å². The van der Waals surface area contributed by atoms with Crippen LogP contribution in [0.15, 0.2) is 6.20 Å². The first kappa shape index (κ1) is 16.5. The maximum absolute atomic E-state index is 12.3. The SMILES string of the molecule is CCCN(CCC)S(=O)(=O)Nc1c[nH]c(C)c1C(=O)O. The molecule has 1 aromatic rings. The van der Waals surface area contributed by atoms with Gasteiger partial charge in [0.15, 0.2) is 0 Å². The number of aromatic amines is 1. The van der Waals surface area contributed by atoms with E-state index in [9.17, 15) is 13.2 Å². The minimum atomic E-state index is -3.74. The van der Waals surface area contributed by atoms with E-state index in [2.05, 4.69) is 9.71 Å². The zero-order valence-corrected chi connectivity index (χ0v) is 12.7. The van der Waals surface area contributed by atoms with Crippen molar-refractivity contribution in [3.8, 4) is 0 Å². The molecule has 0 fully saturated rings. The van der Waals surface area contributed by atoms with Crippen LogP contribution in [0, 0.1) is 6.92 Å². The number of aromatic nitrogens is 1. The molecule has 114 valence electrons. The number of carbonyl (C=O) groups is 1. The lowest BCUT2D eigenvalue weighted by atomic mass is 10.2. The van der Waals surface area contributed by atoms with Gasteiger partial charge in [0.1, 0.15) is 5.56 Å². The molecule has 0 saturated carbocycles. The van der Waals surface area contributed by atoms with Gasteiger partial charge in [-0.3, -0.25) is 4.72 Å². The molecule has 0 aliphatic rings. The monoisotopic (exact) mass is 303 g/mol. The maximum Gasteiger partial charge on any atom is 0.339 e. The minimum absolute atomic E-state index is 0.0541. The first-order valence-electron chi connectivity index (χ1n) is 6.52. The van der Waals surface area contributed by atoms with Crippen LogP contribution in [-0.2, 0) is 10.2 Å². The average molecular weight is 303 g/mol. The summed E-state index contributed by atoms with van der Waals surface area (Å²) >= 11 is 0. The lowest BCUT2D eigenvalue weighted by molar-refractivity contribution is 0.0697. The van der Waals surface area contributed by atoms with Gasteiger partial charge in [0.05, 0.1) is 5.69 Å². The van der Waals surface area contributed by atoms with Crippen LogP contribution in [0.5, 0.6) is 0 Å². The summed E-state index contributed by atoms with van der Waals surface area (Å²) in [4.78, 5) is 13.9. The van der Waals surface area contributed by atoms with Crippen molar-refractivity contribution in [1.82, 2.24) is 9.29 Å². The van der Waals surface area contributed by atoms with E-state index in [0.717, 1.165) is 0 Å². The Labute approximate surface area is 119 Å². The van der Waals surface area contributed by atoms with Crippen molar-refractivity contribution in [1.29, 1.82) is 0 Å². The highest BCUT2D eigenvalue weighted by Gasteiger charge is 2.24. The molecule has 7 nitrogen and oxygen atoms in total. The summed E-state index contributed by atoms with van der Waals surface area (Å²) in [5.41, 5.74) is 0.418. The van der Waals surface area contributed by atoms with Gasteiger partial charge in [0.2, 0.25) is 0 Å². The Balaban J connectivity index is 3.04. The van der Waals surface area contributed by atoms with Crippen LogP contribution in [-0.4, -0.2) is 41.9 Å². The molecule has 0 aromatic carbocycles. The van der Waals surface area contributed by atoms with E-state index >= 15 is 0 Å². The Kier molecular flexibility index (Phi) is 5.58. The van der Waals surface area contributed by atoms with Gasteiger partial charge in [-0.1, -0.05) is 13.8 Å². The van der Waals surface area contributed by atoms with Crippen LogP contribution in [0.25, 0.3) is 0 Å². The van der Waals surface area contributed by atoms with E-state index in [-0.39, 0.29) is 11.3 Å². The molecule has 0 spiro atoms. The van der Waals surface area contributed by atoms with Crippen molar-refractivity contribution < 1.29 is 18.3 Å². The van der Waals surface area contributed by atoms with Gasteiger partial charge in [-0.05, 0) is 19.8 Å². The number of nitrogens with one attached hydrogen (secondary N) is 2. The molecular formula is C12H21N3O4S. The standard InChI is InChI=1S/C12H21N3O4S/c1-4-6-15(7-5-2)20(18,19)14-10-8-13-9(3)11(10)12(16)17/h8,13-14H,4-7H2,1-3H3,(H,16,17). The molecule has 8 heteroatoms. The van der Waals surface area contributed by atoms with E-state index in [1.165, 1.54) is 10.5 Å². The molecule has 1 heterocycles. The summed E-state index contributed by atoms with van der Waals surface area (Å²) in [6, 6.07) is 0. The second-order valence-corrected chi connectivity index (χ2v) is 6.18. The average Bonchev–Trinajstić information content (AvgIpc) is 2.69. The number of nitrogens with zero attached hydrogens (tertiary/aromatic N) is 1. The highest BCUT2D eigenvalue weighted by atomic mass is 32.2. The second-order valence-electron chi connectivity index (χ2n) is 4.51. The summed E-state index contributed by atoms with van der Waals surface area (Å²) in [6.45, 7) is 6.16. The van der Waals surface area contributed by atoms with Crippen molar-refractivity contribution >= 4 is 21.9 Å². The fraction of sp³-hybridized carbons (Fsp3) is 0.583. The highest BCUT2D eigenvalue weighted by molar-refractivity contribution is 7.90. The molecule has 1 aromatic heterocycles. The predicted molar refractivity (Wildman–Crippen MR) is 77.2 cm³/mol. The summed E-state index contributed by atoms with van der Waals surface area (Å²) in [7, 11) is -3.74. The summed E-state index contributed by atoms with van der Waals surface area (Å²) in [6.07, 6.45) is 2.74. The van der Waals surface area contributed by atoms with Crippen molar-refractivity contribution in [2.24, 2.45) is 0 Å². The number of hydrogen-bond acceptors (Lipinski definition) is 3. The van der Waals surface area contributed by atoms with Crippen LogP contribution in [0.4, 0.5) is 5.69 Å². The first-order valence-corrected chi connectivity index (χ1v) is 7.96.